The van der Waals surface area contributed by atoms with E-state index in [1.807, 2.05) is 0 Å². The number of fused-ring (bicyclic) bond motifs is 2. The lowest BCUT2D eigenvalue weighted by Crippen LogP contribution is -2.54. The van der Waals surface area contributed by atoms with Gasteiger partial charge >= 0.3 is 0 Å². The van der Waals surface area contributed by atoms with E-state index in [0.29, 0.717) is 0 Å². The van der Waals surface area contributed by atoms with Crippen LogP contribution in [0.4, 0.5) is 0 Å². The summed E-state index contributed by atoms with van der Waals surface area (Å²) in [5, 5.41) is 11.2. The van der Waals surface area contributed by atoms with E-state index in [1.54, 1.807) is 0 Å². The van der Waals surface area contributed by atoms with Crippen LogP contribution in [0.15, 0.2) is 109 Å². The van der Waals surface area contributed by atoms with Crippen molar-refractivity contribution in [3.63, 3.8) is 0 Å². The maximum Gasteiger partial charge on any atom is 0.189 e. The lowest BCUT2D eigenvalue weighted by molar-refractivity contribution is 1.74. The smallest absolute Gasteiger partial charge is 0.114 e. The van der Waals surface area contributed by atoms with Crippen LogP contribution in [0.2, 0.25) is 13.1 Å². The molecule has 0 aliphatic carbocycles. The van der Waals surface area contributed by atoms with E-state index in [9.17, 15) is 0 Å². The first kappa shape index (κ1) is 21.8. The zero-order valence-corrected chi connectivity index (χ0v) is 23.3. The van der Waals surface area contributed by atoms with Crippen LogP contribution in [0.5, 0.6) is 0 Å². The Labute approximate surface area is 207 Å². The molecule has 4 heteroatoms. The number of benzene rings is 5. The first-order valence-corrected chi connectivity index (χ1v) is 20.4. The Morgan fingerprint density at radius 3 is 0.938 bits per heavy atom. The van der Waals surface area contributed by atoms with E-state index < -0.39 is 13.4 Å². The van der Waals surface area contributed by atoms with E-state index >= 15 is 0 Å². The average molecular weight is 576 g/mol. The summed E-state index contributed by atoms with van der Waals surface area (Å²) in [6, 6.07) is 39.9. The van der Waals surface area contributed by atoms with Gasteiger partial charge < -0.3 is 0 Å². The summed E-state index contributed by atoms with van der Waals surface area (Å²) in [5.41, 5.74) is 0. The van der Waals surface area contributed by atoms with Crippen LogP contribution < -0.4 is 20.7 Å². The van der Waals surface area contributed by atoms with Gasteiger partial charge in [0.2, 0.25) is 0 Å². The van der Waals surface area contributed by atoms with Crippen LogP contribution in [0.25, 0.3) is 21.5 Å². The third-order valence-electron chi connectivity index (χ3n) is 6.50. The Hall–Kier alpha value is -1.99. The van der Waals surface area contributed by atoms with E-state index in [-0.39, 0.29) is 0 Å². The maximum absolute atomic E-state index is 4.30. The molecule has 0 spiro atoms. The predicted octanol–water partition coefficient (Wildman–Crippen LogP) is 6.16. The van der Waals surface area contributed by atoms with Crippen molar-refractivity contribution in [1.29, 1.82) is 0 Å². The highest BCUT2D eigenvalue weighted by Crippen LogP contribution is 2.29. The second-order valence-corrected chi connectivity index (χ2v) is 24.3. The van der Waals surface area contributed by atoms with E-state index in [1.165, 1.54) is 42.3 Å². The number of rotatable bonds is 4. The lowest BCUT2D eigenvalue weighted by atomic mass is 10.0. The fourth-order valence-corrected chi connectivity index (χ4v) is 14.2. The van der Waals surface area contributed by atoms with Crippen molar-refractivity contribution >= 4 is 86.3 Å². The quantitative estimate of drug-likeness (QED) is 0.137. The van der Waals surface area contributed by atoms with Crippen LogP contribution in [0.1, 0.15) is 0 Å². The number of hydrogen-bond acceptors (Lipinski definition) is 0. The van der Waals surface area contributed by atoms with Gasteiger partial charge in [0.1, 0.15) is 0 Å². The molecule has 32 heavy (non-hydrogen) atoms. The molecule has 5 aromatic rings. The summed E-state index contributed by atoms with van der Waals surface area (Å²) >= 11 is 8.60. The molecular weight excluding hydrogens is 552 g/mol. The number of halogens is 2. The van der Waals surface area contributed by atoms with Gasteiger partial charge in [-0.3, -0.25) is 0 Å². The number of hydrogen-bond donors (Lipinski definition) is 0. The van der Waals surface area contributed by atoms with Crippen LogP contribution in [-0.4, -0.2) is 13.4 Å². The minimum atomic E-state index is -2.13. The first-order valence-electron chi connectivity index (χ1n) is 10.9. The van der Waals surface area contributed by atoms with Gasteiger partial charge in [0.05, 0.1) is 0 Å². The molecule has 5 rings (SSSR count). The van der Waals surface area contributed by atoms with Crippen molar-refractivity contribution in [2.24, 2.45) is 0 Å². The molecule has 0 bridgehead atoms. The van der Waals surface area contributed by atoms with E-state index in [4.69, 9.17) is 0 Å². The van der Waals surface area contributed by atoms with Gasteiger partial charge in [-0.1, -0.05) is 122 Å². The summed E-state index contributed by atoms with van der Waals surface area (Å²) < 4.78 is 0. The Kier molecular flexibility index (Phi) is 5.74. The first-order chi connectivity index (χ1) is 15.4. The summed E-state index contributed by atoms with van der Waals surface area (Å²) in [7, 11) is 0. The van der Waals surface area contributed by atoms with Crippen LogP contribution in [-0.2, 0) is 0 Å². The molecule has 2 atom stereocenters. The molecule has 5 aromatic carbocycles. The van der Waals surface area contributed by atoms with Gasteiger partial charge in [0.15, 0.2) is 13.4 Å². The summed E-state index contributed by atoms with van der Waals surface area (Å²) in [6.07, 6.45) is 0. The highest BCUT2D eigenvalue weighted by atomic mass is 79.9. The normalized spacial score (nSPS) is 15.4. The molecule has 158 valence electrons. The third kappa shape index (κ3) is 3.54. The molecule has 0 aliphatic heterocycles. The topological polar surface area (TPSA) is 0 Å². The SMILES string of the molecule is C[Si](Br)(c1ccccc1)c1c2ccccc2c([Si](C)(Br)c2ccccc2)c2ccccc12. The fraction of sp³-hybridized carbons (Fsp3) is 0.0714. The van der Waals surface area contributed by atoms with Crippen molar-refractivity contribution in [3.05, 3.63) is 109 Å². The molecule has 0 fully saturated rings. The second-order valence-electron chi connectivity index (χ2n) is 8.58. The van der Waals surface area contributed by atoms with E-state index in [0.717, 1.165) is 0 Å². The highest BCUT2D eigenvalue weighted by molar-refractivity contribution is 9.27. The Balaban J connectivity index is 1.94. The highest BCUT2D eigenvalue weighted by Gasteiger charge is 2.37. The van der Waals surface area contributed by atoms with Gasteiger partial charge in [-0.2, -0.15) is 0 Å². The molecule has 0 saturated carbocycles. The predicted molar refractivity (Wildman–Crippen MR) is 154 cm³/mol. The summed E-state index contributed by atoms with van der Waals surface area (Å²) in [6.45, 7) is 0.564. The molecule has 0 aromatic heterocycles. The van der Waals surface area contributed by atoms with Crippen molar-refractivity contribution in [2.75, 3.05) is 0 Å². The standard InChI is InChI=1S/C28H24Br2Si2/c1-31(29,21-13-5-3-6-14-21)27-23-17-9-11-19-25(23)28(26-20-12-10-18-24(26)27)32(2,30)22-15-7-4-8-16-22/h3-20H,1-2H3. The van der Waals surface area contributed by atoms with Gasteiger partial charge in [0.25, 0.3) is 0 Å². The van der Waals surface area contributed by atoms with Crippen molar-refractivity contribution in [1.82, 2.24) is 0 Å². The molecule has 0 radical (unpaired) electrons. The minimum absolute atomic E-state index is 1.37. The molecule has 0 nitrogen and oxygen atoms in total. The summed E-state index contributed by atoms with van der Waals surface area (Å²) in [5.74, 6) is 0. The van der Waals surface area contributed by atoms with Crippen LogP contribution >= 0.6 is 30.6 Å². The molecular formula is C28H24Br2Si2. The largest absolute Gasteiger partial charge is 0.189 e. The van der Waals surface area contributed by atoms with Crippen LogP contribution in [0, 0.1) is 0 Å². The molecule has 0 aliphatic rings. The zero-order valence-electron chi connectivity index (χ0n) is 18.1. The summed E-state index contributed by atoms with van der Waals surface area (Å²) in [4.78, 5) is 0. The fourth-order valence-electron chi connectivity index (χ4n) is 4.93. The second kappa shape index (κ2) is 8.42. The molecule has 0 amide bonds. The molecule has 0 saturated heterocycles. The van der Waals surface area contributed by atoms with Gasteiger partial charge in [0, 0.05) is 0 Å². The average Bonchev–Trinajstić information content (AvgIpc) is 2.83. The maximum atomic E-state index is 4.30. The monoisotopic (exact) mass is 574 g/mol. The van der Waals surface area contributed by atoms with Crippen molar-refractivity contribution in [3.8, 4) is 0 Å². The Morgan fingerprint density at radius 2 is 0.656 bits per heavy atom. The van der Waals surface area contributed by atoms with Gasteiger partial charge in [-0.05, 0) is 42.3 Å². The van der Waals surface area contributed by atoms with E-state index in [2.05, 4.69) is 153 Å². The minimum Gasteiger partial charge on any atom is -0.114 e. The van der Waals surface area contributed by atoms with Crippen LogP contribution in [0.3, 0.4) is 0 Å². The zero-order chi connectivity index (χ0) is 22.3. The third-order valence-corrected chi connectivity index (χ3v) is 17.4. The van der Waals surface area contributed by atoms with Gasteiger partial charge in [-0.25, -0.2) is 0 Å². The lowest BCUT2D eigenvalue weighted by Gasteiger charge is -2.30. The molecule has 0 heterocycles. The molecule has 2 unspecified atom stereocenters. The Bertz CT molecular complexity index is 1250. The Morgan fingerprint density at radius 1 is 0.406 bits per heavy atom. The molecule has 0 N–H and O–H groups in total. The van der Waals surface area contributed by atoms with Gasteiger partial charge in [-0.15, -0.1) is 30.6 Å². The van der Waals surface area contributed by atoms with Crippen molar-refractivity contribution < 1.29 is 0 Å². The van der Waals surface area contributed by atoms with Crippen molar-refractivity contribution in [2.45, 2.75) is 13.1 Å².